The monoisotopic (exact) mass is 375 g/mol. The van der Waals surface area contributed by atoms with E-state index in [0.717, 1.165) is 50.3 Å². The number of allylic oxidation sites excluding steroid dienone is 1. The minimum Gasteiger partial charge on any atom is -0.375 e. The molecule has 0 bridgehead atoms. The van der Waals surface area contributed by atoms with Crippen LogP contribution in [0.2, 0.25) is 0 Å². The lowest BCUT2D eigenvalue weighted by molar-refractivity contribution is 0.130. The number of hydrogen-bond acceptors (Lipinski definition) is 3. The Morgan fingerprint density at radius 1 is 1.15 bits per heavy atom. The summed E-state index contributed by atoms with van der Waals surface area (Å²) in [4.78, 5) is 4.64. The van der Waals surface area contributed by atoms with Crippen LogP contribution < -0.4 is 0 Å². The third kappa shape index (κ3) is 12.5. The molecule has 156 valence electrons. The van der Waals surface area contributed by atoms with Crippen LogP contribution >= 0.6 is 0 Å². The molecule has 1 aliphatic rings. The fourth-order valence-electron chi connectivity index (χ4n) is 2.84. The zero-order valence-corrected chi connectivity index (χ0v) is 19.3. The van der Waals surface area contributed by atoms with Crippen LogP contribution in [0.3, 0.4) is 0 Å². The van der Waals surface area contributed by atoms with E-state index in [0.29, 0.717) is 6.42 Å². The van der Waals surface area contributed by atoms with E-state index >= 15 is 0 Å². The molecule has 0 unspecified atom stereocenters. The molecule has 0 aromatic carbocycles. The van der Waals surface area contributed by atoms with Crippen LogP contribution in [0.5, 0.6) is 0 Å². The van der Waals surface area contributed by atoms with Crippen LogP contribution in [0.1, 0.15) is 73.6 Å². The highest BCUT2D eigenvalue weighted by Gasteiger charge is 2.29. The van der Waals surface area contributed by atoms with Gasteiger partial charge < -0.3 is 4.90 Å². The first-order valence-corrected chi connectivity index (χ1v) is 10.8. The van der Waals surface area contributed by atoms with Crippen LogP contribution in [0.4, 0.5) is 0 Å². The van der Waals surface area contributed by atoms with E-state index in [1.807, 2.05) is 27.7 Å². The zero-order chi connectivity index (χ0) is 21.3. The molecule has 0 aromatic heterocycles. The number of likely N-dealkylation sites (tertiary alicyclic amines) is 1. The van der Waals surface area contributed by atoms with Crippen LogP contribution in [0, 0.1) is 16.7 Å². The van der Waals surface area contributed by atoms with Crippen molar-refractivity contribution in [1.29, 1.82) is 5.26 Å². The van der Waals surface area contributed by atoms with E-state index in [1.54, 1.807) is 0 Å². The van der Waals surface area contributed by atoms with E-state index < -0.39 is 0 Å². The van der Waals surface area contributed by atoms with Crippen LogP contribution in [-0.2, 0) is 0 Å². The van der Waals surface area contributed by atoms with E-state index in [-0.39, 0.29) is 5.41 Å². The third-order valence-corrected chi connectivity index (χ3v) is 4.84. The molecular formula is C24H45N3. The van der Waals surface area contributed by atoms with Gasteiger partial charge in [-0.15, -0.1) is 0 Å². The summed E-state index contributed by atoms with van der Waals surface area (Å²) in [5.41, 5.74) is 2.37. The molecule has 0 amide bonds. The molecular weight excluding hydrogens is 330 g/mol. The third-order valence-electron chi connectivity index (χ3n) is 4.84. The standard InChI is InChI=1S/C20H33N3.2C2H6/c1-6-7-14-22(5)19(3)9-8-18(2)17-23-15-11-20(4,10-13-21)12-16-23;2*1-2/h8-9H,2-3,6-7,10-12,14-17H2,1,4-5H3;2*1-2H3/b9-8-;;. The van der Waals surface area contributed by atoms with E-state index in [2.05, 4.69) is 62.1 Å². The summed E-state index contributed by atoms with van der Waals surface area (Å²) in [5.74, 6) is 0. The minimum atomic E-state index is 0.207. The van der Waals surface area contributed by atoms with Gasteiger partial charge in [-0.25, -0.2) is 0 Å². The lowest BCUT2D eigenvalue weighted by atomic mass is 9.78. The fraction of sp³-hybridized carbons (Fsp3) is 0.708. The van der Waals surface area contributed by atoms with Gasteiger partial charge in [0.2, 0.25) is 0 Å². The van der Waals surface area contributed by atoms with Crippen LogP contribution in [-0.4, -0.2) is 43.0 Å². The summed E-state index contributed by atoms with van der Waals surface area (Å²) in [7, 11) is 2.09. The summed E-state index contributed by atoms with van der Waals surface area (Å²) in [6.07, 6.45) is 9.43. The number of likely N-dealkylation sites (N-methyl/N-ethyl adjacent to an activating group) is 1. The smallest absolute Gasteiger partial charge is 0.0627 e. The highest BCUT2D eigenvalue weighted by molar-refractivity contribution is 5.24. The van der Waals surface area contributed by atoms with Crippen molar-refractivity contribution in [2.45, 2.75) is 73.6 Å². The summed E-state index contributed by atoms with van der Waals surface area (Å²) in [6, 6.07) is 2.33. The van der Waals surface area contributed by atoms with Gasteiger partial charge in [0.05, 0.1) is 6.07 Å². The summed E-state index contributed by atoms with van der Waals surface area (Å²) in [6.45, 7) is 24.8. The zero-order valence-electron chi connectivity index (χ0n) is 19.3. The summed E-state index contributed by atoms with van der Waals surface area (Å²) < 4.78 is 0. The summed E-state index contributed by atoms with van der Waals surface area (Å²) >= 11 is 0. The molecule has 1 heterocycles. The molecule has 0 aromatic rings. The first kappa shape index (κ1) is 27.7. The Hall–Kier alpha value is -1.53. The van der Waals surface area contributed by atoms with Gasteiger partial charge in [-0.05, 0) is 49.4 Å². The second-order valence-electron chi connectivity index (χ2n) is 7.18. The van der Waals surface area contributed by atoms with Gasteiger partial charge in [-0.1, -0.05) is 67.2 Å². The van der Waals surface area contributed by atoms with E-state index in [1.165, 1.54) is 12.8 Å². The lowest BCUT2D eigenvalue weighted by Crippen LogP contribution is -2.39. The average Bonchev–Trinajstić information content (AvgIpc) is 2.69. The van der Waals surface area contributed by atoms with Gasteiger partial charge in [-0.2, -0.15) is 5.26 Å². The average molecular weight is 376 g/mol. The van der Waals surface area contributed by atoms with Crippen molar-refractivity contribution in [3.63, 3.8) is 0 Å². The number of piperidine rings is 1. The number of nitrogens with zero attached hydrogens (tertiary/aromatic N) is 3. The fourth-order valence-corrected chi connectivity index (χ4v) is 2.84. The molecule has 0 aliphatic carbocycles. The molecule has 0 N–H and O–H groups in total. The van der Waals surface area contributed by atoms with Crippen molar-refractivity contribution >= 4 is 0 Å². The van der Waals surface area contributed by atoms with Crippen LogP contribution in [0.15, 0.2) is 36.6 Å². The predicted molar refractivity (Wildman–Crippen MR) is 122 cm³/mol. The molecule has 1 rings (SSSR count). The maximum atomic E-state index is 8.92. The largest absolute Gasteiger partial charge is 0.375 e. The van der Waals surface area contributed by atoms with Crippen molar-refractivity contribution in [2.75, 3.05) is 33.2 Å². The predicted octanol–water partition coefficient (Wildman–Crippen LogP) is 6.41. The first-order chi connectivity index (χ1) is 12.9. The number of nitriles is 1. The second kappa shape index (κ2) is 16.6. The number of hydrogen-bond donors (Lipinski definition) is 0. The normalized spacial score (nSPS) is 15.6. The van der Waals surface area contributed by atoms with Gasteiger partial charge in [0, 0.05) is 32.3 Å². The summed E-state index contributed by atoms with van der Waals surface area (Å²) in [5, 5.41) is 8.92. The molecule has 27 heavy (non-hydrogen) atoms. The Bertz CT molecular complexity index is 463. The molecule has 3 nitrogen and oxygen atoms in total. The van der Waals surface area contributed by atoms with E-state index in [4.69, 9.17) is 5.26 Å². The Kier molecular flexibility index (Phi) is 17.1. The van der Waals surface area contributed by atoms with Crippen molar-refractivity contribution in [2.24, 2.45) is 5.41 Å². The van der Waals surface area contributed by atoms with Gasteiger partial charge in [0.1, 0.15) is 0 Å². The van der Waals surface area contributed by atoms with Crippen molar-refractivity contribution in [1.82, 2.24) is 9.80 Å². The maximum Gasteiger partial charge on any atom is 0.0627 e. The highest BCUT2D eigenvalue weighted by atomic mass is 15.1. The van der Waals surface area contributed by atoms with Gasteiger partial charge in [-0.3, -0.25) is 4.90 Å². The quantitative estimate of drug-likeness (QED) is 0.436. The molecule has 0 radical (unpaired) electrons. The first-order valence-electron chi connectivity index (χ1n) is 10.8. The molecule has 0 atom stereocenters. The van der Waals surface area contributed by atoms with Gasteiger partial charge in [0.25, 0.3) is 0 Å². The van der Waals surface area contributed by atoms with E-state index in [9.17, 15) is 0 Å². The Balaban J connectivity index is 0. The number of rotatable bonds is 9. The molecule has 0 saturated carbocycles. The molecule has 3 heteroatoms. The van der Waals surface area contributed by atoms with Gasteiger partial charge >= 0.3 is 0 Å². The Labute approximate surface area is 170 Å². The lowest BCUT2D eigenvalue weighted by Gasteiger charge is -2.38. The van der Waals surface area contributed by atoms with Crippen molar-refractivity contribution in [3.8, 4) is 6.07 Å². The van der Waals surface area contributed by atoms with Crippen molar-refractivity contribution < 1.29 is 0 Å². The maximum absolute atomic E-state index is 8.92. The minimum absolute atomic E-state index is 0.207. The Morgan fingerprint density at radius 3 is 2.19 bits per heavy atom. The molecule has 0 spiro atoms. The van der Waals surface area contributed by atoms with Gasteiger partial charge in [0.15, 0.2) is 0 Å². The van der Waals surface area contributed by atoms with Crippen molar-refractivity contribution in [3.05, 3.63) is 36.6 Å². The molecule has 1 saturated heterocycles. The second-order valence-corrected chi connectivity index (χ2v) is 7.18. The number of unbranched alkanes of at least 4 members (excludes halogenated alkanes) is 1. The molecule has 1 fully saturated rings. The topological polar surface area (TPSA) is 30.3 Å². The Morgan fingerprint density at radius 2 is 1.70 bits per heavy atom. The van der Waals surface area contributed by atoms with Crippen LogP contribution in [0.25, 0.3) is 0 Å². The SMILES string of the molecule is C=C(/C=C\C(=C)N(C)CCCC)CN1CCC(C)(CC#N)CC1.CC.CC. The molecule has 1 aliphatic heterocycles. The highest BCUT2D eigenvalue weighted by Crippen LogP contribution is 2.34.